The van der Waals surface area contributed by atoms with Crippen molar-refractivity contribution in [3.63, 3.8) is 0 Å². The molecule has 0 saturated carbocycles. The van der Waals surface area contributed by atoms with Gasteiger partial charge in [0.15, 0.2) is 0 Å². The minimum Gasteiger partial charge on any atom is -0.457 e. The zero-order valence-corrected chi connectivity index (χ0v) is 11.5. The molecule has 0 radical (unpaired) electrons. The highest BCUT2D eigenvalue weighted by Crippen LogP contribution is 2.22. The van der Waals surface area contributed by atoms with Gasteiger partial charge in [-0.25, -0.2) is 0 Å². The Morgan fingerprint density at radius 3 is 2.52 bits per heavy atom. The van der Waals surface area contributed by atoms with Crippen molar-refractivity contribution in [2.24, 2.45) is 0 Å². The molecule has 0 aliphatic carbocycles. The van der Waals surface area contributed by atoms with Gasteiger partial charge in [0.2, 0.25) is 0 Å². The molecule has 0 bridgehead atoms. The Morgan fingerprint density at radius 1 is 1.14 bits per heavy atom. The molecule has 0 unspecified atom stereocenters. The van der Waals surface area contributed by atoms with Crippen molar-refractivity contribution in [3.05, 3.63) is 65.7 Å². The number of hydrogen-bond donors (Lipinski definition) is 1. The molecule has 2 rings (SSSR count). The second-order valence-corrected chi connectivity index (χ2v) is 4.24. The molecule has 0 saturated heterocycles. The van der Waals surface area contributed by atoms with Crippen molar-refractivity contribution in [3.8, 4) is 17.6 Å². The summed E-state index contributed by atoms with van der Waals surface area (Å²) in [6, 6.07) is 18.5. The SMILES string of the molecule is CNC(=O)/C(C#N)=C/c1cccc(Oc2ccccc2)c1. The summed E-state index contributed by atoms with van der Waals surface area (Å²) < 4.78 is 5.71. The minimum atomic E-state index is -0.410. The van der Waals surface area contributed by atoms with Crippen LogP contribution < -0.4 is 10.1 Å². The van der Waals surface area contributed by atoms with Crippen molar-refractivity contribution in [2.45, 2.75) is 0 Å². The van der Waals surface area contributed by atoms with Crippen molar-refractivity contribution in [2.75, 3.05) is 7.05 Å². The summed E-state index contributed by atoms with van der Waals surface area (Å²) in [6.07, 6.45) is 1.52. The quantitative estimate of drug-likeness (QED) is 0.690. The van der Waals surface area contributed by atoms with E-state index in [9.17, 15) is 4.79 Å². The van der Waals surface area contributed by atoms with E-state index in [0.29, 0.717) is 5.75 Å². The minimum absolute atomic E-state index is 0.0503. The molecule has 4 heteroatoms. The molecule has 1 N–H and O–H groups in total. The third-order valence-electron chi connectivity index (χ3n) is 2.74. The van der Waals surface area contributed by atoms with E-state index in [1.165, 1.54) is 13.1 Å². The number of ether oxygens (including phenoxy) is 1. The van der Waals surface area contributed by atoms with Crippen molar-refractivity contribution >= 4 is 12.0 Å². The molecule has 21 heavy (non-hydrogen) atoms. The van der Waals surface area contributed by atoms with Crippen LogP contribution in [-0.4, -0.2) is 13.0 Å². The first-order valence-corrected chi connectivity index (χ1v) is 6.40. The Labute approximate surface area is 123 Å². The molecule has 1 amide bonds. The topological polar surface area (TPSA) is 62.1 Å². The number of nitrogens with one attached hydrogen (secondary N) is 1. The van der Waals surface area contributed by atoms with E-state index in [-0.39, 0.29) is 5.57 Å². The molecular formula is C17H14N2O2. The van der Waals surface area contributed by atoms with E-state index in [1.807, 2.05) is 48.5 Å². The Hall–Kier alpha value is -3.06. The van der Waals surface area contributed by atoms with Crippen LogP contribution in [0.25, 0.3) is 6.08 Å². The summed E-state index contributed by atoms with van der Waals surface area (Å²) in [4.78, 5) is 11.5. The molecule has 2 aromatic rings. The number of carbonyl (C=O) groups excluding carboxylic acids is 1. The predicted molar refractivity (Wildman–Crippen MR) is 80.6 cm³/mol. The number of benzene rings is 2. The van der Waals surface area contributed by atoms with Crippen LogP contribution >= 0.6 is 0 Å². The number of hydrogen-bond acceptors (Lipinski definition) is 3. The maximum Gasteiger partial charge on any atom is 0.261 e. The fraction of sp³-hybridized carbons (Fsp3) is 0.0588. The Morgan fingerprint density at radius 2 is 1.86 bits per heavy atom. The second kappa shape index (κ2) is 6.92. The smallest absolute Gasteiger partial charge is 0.261 e. The van der Waals surface area contributed by atoms with Crippen LogP contribution in [0.2, 0.25) is 0 Å². The monoisotopic (exact) mass is 278 g/mol. The number of carbonyl (C=O) groups is 1. The summed E-state index contributed by atoms with van der Waals surface area (Å²) in [5, 5.41) is 11.4. The van der Waals surface area contributed by atoms with Crippen LogP contribution in [0.4, 0.5) is 0 Å². The molecule has 0 spiro atoms. The highest BCUT2D eigenvalue weighted by atomic mass is 16.5. The lowest BCUT2D eigenvalue weighted by molar-refractivity contribution is -0.116. The first-order valence-electron chi connectivity index (χ1n) is 6.40. The Balaban J connectivity index is 2.24. The fourth-order valence-corrected chi connectivity index (χ4v) is 1.74. The van der Waals surface area contributed by atoms with Crippen LogP contribution in [0, 0.1) is 11.3 Å². The number of nitriles is 1. The molecule has 0 aliphatic rings. The van der Waals surface area contributed by atoms with Crippen LogP contribution in [0.1, 0.15) is 5.56 Å². The molecule has 0 fully saturated rings. The summed E-state index contributed by atoms with van der Waals surface area (Å²) >= 11 is 0. The van der Waals surface area contributed by atoms with E-state index < -0.39 is 5.91 Å². The molecule has 4 nitrogen and oxygen atoms in total. The van der Waals surface area contributed by atoms with Gasteiger partial charge < -0.3 is 10.1 Å². The van der Waals surface area contributed by atoms with Crippen LogP contribution in [-0.2, 0) is 4.79 Å². The first-order chi connectivity index (χ1) is 10.2. The van der Waals surface area contributed by atoms with E-state index in [1.54, 1.807) is 12.1 Å². The predicted octanol–water partition coefficient (Wildman–Crippen LogP) is 3.13. The van der Waals surface area contributed by atoms with E-state index >= 15 is 0 Å². The number of rotatable bonds is 4. The van der Waals surface area contributed by atoms with Gasteiger partial charge in [-0.05, 0) is 35.9 Å². The molecular weight excluding hydrogens is 264 g/mol. The van der Waals surface area contributed by atoms with Crippen LogP contribution in [0.5, 0.6) is 11.5 Å². The van der Waals surface area contributed by atoms with Crippen molar-refractivity contribution < 1.29 is 9.53 Å². The standard InChI is InChI=1S/C17H14N2O2/c1-19-17(20)14(12-18)10-13-6-5-9-16(11-13)21-15-7-3-2-4-8-15/h2-11H,1H3,(H,19,20)/b14-10+. The summed E-state index contributed by atoms with van der Waals surface area (Å²) in [5.74, 6) is 0.960. The van der Waals surface area contributed by atoms with Crippen LogP contribution in [0.3, 0.4) is 0 Å². The second-order valence-electron chi connectivity index (χ2n) is 4.24. The van der Waals surface area contributed by atoms with Crippen molar-refractivity contribution in [1.82, 2.24) is 5.32 Å². The zero-order valence-electron chi connectivity index (χ0n) is 11.5. The number of para-hydroxylation sites is 1. The van der Waals surface area contributed by atoms with Gasteiger partial charge in [0.05, 0.1) is 0 Å². The number of nitrogens with zero attached hydrogens (tertiary/aromatic N) is 1. The molecule has 0 heterocycles. The third kappa shape index (κ3) is 3.95. The van der Waals surface area contributed by atoms with Crippen LogP contribution in [0.15, 0.2) is 60.2 Å². The van der Waals surface area contributed by atoms with Gasteiger partial charge >= 0.3 is 0 Å². The van der Waals surface area contributed by atoms with Crippen molar-refractivity contribution in [1.29, 1.82) is 5.26 Å². The number of likely N-dealkylation sites (N-methyl/N-ethyl adjacent to an activating group) is 1. The van der Waals surface area contributed by atoms with E-state index in [2.05, 4.69) is 5.32 Å². The lowest BCUT2D eigenvalue weighted by Gasteiger charge is -2.06. The highest BCUT2D eigenvalue weighted by molar-refractivity contribution is 6.01. The van der Waals surface area contributed by atoms with Gasteiger partial charge in [0, 0.05) is 7.05 Å². The molecule has 2 aromatic carbocycles. The lowest BCUT2D eigenvalue weighted by atomic mass is 10.1. The van der Waals surface area contributed by atoms with Gasteiger partial charge in [-0.3, -0.25) is 4.79 Å². The van der Waals surface area contributed by atoms with E-state index in [4.69, 9.17) is 10.00 Å². The molecule has 104 valence electrons. The third-order valence-corrected chi connectivity index (χ3v) is 2.74. The first kappa shape index (κ1) is 14.4. The Bertz CT molecular complexity index is 700. The molecule has 0 atom stereocenters. The largest absolute Gasteiger partial charge is 0.457 e. The molecule has 0 aliphatic heterocycles. The van der Waals surface area contributed by atoms with Gasteiger partial charge in [0.25, 0.3) is 5.91 Å². The Kier molecular flexibility index (Phi) is 4.73. The maximum absolute atomic E-state index is 11.5. The fourth-order valence-electron chi connectivity index (χ4n) is 1.74. The number of amides is 1. The van der Waals surface area contributed by atoms with Gasteiger partial charge in [-0.1, -0.05) is 30.3 Å². The average Bonchev–Trinajstić information content (AvgIpc) is 2.53. The summed E-state index contributed by atoms with van der Waals surface area (Å²) in [5.41, 5.74) is 0.776. The average molecular weight is 278 g/mol. The normalized spacial score (nSPS) is 10.6. The van der Waals surface area contributed by atoms with Gasteiger partial charge in [-0.15, -0.1) is 0 Å². The maximum atomic E-state index is 11.5. The highest BCUT2D eigenvalue weighted by Gasteiger charge is 2.06. The summed E-state index contributed by atoms with van der Waals surface area (Å²) in [7, 11) is 1.49. The zero-order chi connectivity index (χ0) is 15.1. The van der Waals surface area contributed by atoms with Gasteiger partial charge in [0.1, 0.15) is 23.1 Å². The molecule has 0 aromatic heterocycles. The van der Waals surface area contributed by atoms with E-state index in [0.717, 1.165) is 11.3 Å². The summed E-state index contributed by atoms with van der Waals surface area (Å²) in [6.45, 7) is 0. The van der Waals surface area contributed by atoms with Gasteiger partial charge in [-0.2, -0.15) is 5.26 Å². The lowest BCUT2D eigenvalue weighted by Crippen LogP contribution is -2.19.